The van der Waals surface area contributed by atoms with Crippen molar-refractivity contribution in [3.8, 4) is 0 Å². The van der Waals surface area contributed by atoms with Gasteiger partial charge in [-0.3, -0.25) is 19.5 Å². The highest BCUT2D eigenvalue weighted by Gasteiger charge is 2.38. The summed E-state index contributed by atoms with van der Waals surface area (Å²) in [5.41, 5.74) is 2.00. The van der Waals surface area contributed by atoms with Crippen molar-refractivity contribution in [3.05, 3.63) is 58.9 Å². The maximum absolute atomic E-state index is 13.2. The Morgan fingerprint density at radius 1 is 1.26 bits per heavy atom. The third-order valence-electron chi connectivity index (χ3n) is 4.08. The topological polar surface area (TPSA) is 61.8 Å². The van der Waals surface area contributed by atoms with E-state index in [0.29, 0.717) is 11.4 Å². The number of benzene rings is 2. The molecular formula is C19H15ClFN3O2S. The van der Waals surface area contributed by atoms with E-state index in [1.165, 1.54) is 23.2 Å². The summed E-state index contributed by atoms with van der Waals surface area (Å²) in [4.78, 5) is 30.4. The molecule has 1 atom stereocenters. The molecule has 0 aliphatic carbocycles. The number of nitrogens with zero attached hydrogens (tertiary/aromatic N) is 2. The van der Waals surface area contributed by atoms with E-state index in [0.717, 1.165) is 18.1 Å². The van der Waals surface area contributed by atoms with Crippen LogP contribution in [0, 0.1) is 11.7 Å². The quantitative estimate of drug-likeness (QED) is 0.479. The van der Waals surface area contributed by atoms with Gasteiger partial charge in [0, 0.05) is 6.21 Å². The monoisotopic (exact) mass is 403 g/mol. The molecule has 27 heavy (non-hydrogen) atoms. The maximum atomic E-state index is 13.2. The van der Waals surface area contributed by atoms with E-state index in [2.05, 4.69) is 10.3 Å². The molecule has 138 valence electrons. The number of amides is 2. The molecule has 0 bridgehead atoms. The molecule has 1 saturated heterocycles. The van der Waals surface area contributed by atoms with Crippen molar-refractivity contribution in [2.45, 2.75) is 13.3 Å². The van der Waals surface area contributed by atoms with E-state index in [1.54, 1.807) is 12.1 Å². The van der Waals surface area contributed by atoms with Crippen LogP contribution in [0.3, 0.4) is 0 Å². The number of nitrogens with one attached hydrogen (secondary N) is 1. The van der Waals surface area contributed by atoms with Crippen LogP contribution in [0.5, 0.6) is 0 Å². The summed E-state index contributed by atoms with van der Waals surface area (Å²) in [7, 11) is 0. The highest BCUT2D eigenvalue weighted by atomic mass is 35.5. The van der Waals surface area contributed by atoms with Crippen LogP contribution < -0.4 is 10.2 Å². The lowest BCUT2D eigenvalue weighted by molar-refractivity contribution is -0.130. The minimum Gasteiger partial charge on any atom is -0.301 e. The second-order valence-corrected chi connectivity index (χ2v) is 6.64. The van der Waals surface area contributed by atoms with Crippen LogP contribution in [-0.4, -0.2) is 23.1 Å². The van der Waals surface area contributed by atoms with Crippen molar-refractivity contribution in [2.24, 2.45) is 10.9 Å². The molecule has 1 heterocycles. The number of anilines is 1. The number of thiocarbonyl (C=S) groups is 1. The van der Waals surface area contributed by atoms with Crippen LogP contribution in [0.25, 0.3) is 0 Å². The van der Waals surface area contributed by atoms with Gasteiger partial charge in [-0.1, -0.05) is 30.7 Å². The molecule has 1 fully saturated rings. The third-order valence-corrected chi connectivity index (χ3v) is 4.66. The van der Waals surface area contributed by atoms with Crippen molar-refractivity contribution in [2.75, 3.05) is 4.90 Å². The van der Waals surface area contributed by atoms with Crippen LogP contribution in [-0.2, 0) is 16.0 Å². The first kappa shape index (κ1) is 19.1. The Hall–Kier alpha value is -2.64. The first-order valence-electron chi connectivity index (χ1n) is 8.17. The van der Waals surface area contributed by atoms with Gasteiger partial charge in [0.15, 0.2) is 11.0 Å². The Morgan fingerprint density at radius 3 is 2.59 bits per heavy atom. The van der Waals surface area contributed by atoms with E-state index in [9.17, 15) is 14.0 Å². The molecule has 0 saturated carbocycles. The summed E-state index contributed by atoms with van der Waals surface area (Å²) in [6.45, 7) is 2.03. The second-order valence-electron chi connectivity index (χ2n) is 5.84. The zero-order chi connectivity index (χ0) is 19.6. The van der Waals surface area contributed by atoms with Crippen molar-refractivity contribution in [1.29, 1.82) is 0 Å². The first-order valence-corrected chi connectivity index (χ1v) is 8.96. The molecule has 0 spiro atoms. The number of aryl methyl sites for hydroxylation is 1. The summed E-state index contributed by atoms with van der Waals surface area (Å²) in [5, 5.41) is 2.44. The molecule has 1 aliphatic rings. The molecule has 2 aromatic rings. The van der Waals surface area contributed by atoms with Gasteiger partial charge in [0.05, 0.1) is 16.4 Å². The van der Waals surface area contributed by atoms with Gasteiger partial charge in [0.1, 0.15) is 5.82 Å². The lowest BCUT2D eigenvalue weighted by Gasteiger charge is -2.31. The third kappa shape index (κ3) is 4.04. The van der Waals surface area contributed by atoms with E-state index in [4.69, 9.17) is 23.8 Å². The summed E-state index contributed by atoms with van der Waals surface area (Å²) in [6.07, 6.45) is 2.07. The van der Waals surface area contributed by atoms with Crippen molar-refractivity contribution in [3.63, 3.8) is 0 Å². The van der Waals surface area contributed by atoms with Crippen molar-refractivity contribution >= 4 is 58.3 Å². The Bertz CT molecular complexity index is 946. The summed E-state index contributed by atoms with van der Waals surface area (Å²) in [6, 6.07) is 11.2. The van der Waals surface area contributed by atoms with Gasteiger partial charge < -0.3 is 5.32 Å². The SMILES string of the molecule is CCc1ccc(N2C(=O)[C@H](C=Nc3ccc(F)c(Cl)c3)C(=O)NC2=S)cc1. The van der Waals surface area contributed by atoms with E-state index in [1.807, 2.05) is 19.1 Å². The van der Waals surface area contributed by atoms with Gasteiger partial charge in [-0.2, -0.15) is 0 Å². The fourth-order valence-electron chi connectivity index (χ4n) is 2.57. The molecule has 2 amide bonds. The number of hydrogen-bond acceptors (Lipinski definition) is 4. The Morgan fingerprint density at radius 2 is 1.96 bits per heavy atom. The van der Waals surface area contributed by atoms with Crippen molar-refractivity contribution in [1.82, 2.24) is 5.32 Å². The standard InChI is InChI=1S/C19H15ClFN3O2S/c1-2-11-3-6-13(7-4-11)24-18(26)14(17(25)23-19(24)27)10-22-12-5-8-16(21)15(20)9-12/h3-10,14H,2H2,1H3,(H,23,25,27)/t14-/m1/s1. The molecule has 0 radical (unpaired) electrons. The number of aliphatic imine (C=N–C) groups is 1. The summed E-state index contributed by atoms with van der Waals surface area (Å²) < 4.78 is 13.2. The van der Waals surface area contributed by atoms with Crippen LogP contribution in [0.15, 0.2) is 47.5 Å². The predicted octanol–water partition coefficient (Wildman–Crippen LogP) is 3.81. The predicted molar refractivity (Wildman–Crippen MR) is 107 cm³/mol. The van der Waals surface area contributed by atoms with E-state index < -0.39 is 23.5 Å². The summed E-state index contributed by atoms with van der Waals surface area (Å²) in [5.74, 6) is -2.81. The lowest BCUT2D eigenvalue weighted by Crippen LogP contribution is -2.58. The number of halogens is 2. The fourth-order valence-corrected chi connectivity index (χ4v) is 3.04. The molecule has 0 aromatic heterocycles. The largest absolute Gasteiger partial charge is 0.301 e. The van der Waals surface area contributed by atoms with Gasteiger partial charge in [0.25, 0.3) is 5.91 Å². The fraction of sp³-hybridized carbons (Fsp3) is 0.158. The first-order chi connectivity index (χ1) is 12.9. The maximum Gasteiger partial charge on any atom is 0.251 e. The Kier molecular flexibility index (Phi) is 5.62. The smallest absolute Gasteiger partial charge is 0.251 e. The Balaban J connectivity index is 1.87. The van der Waals surface area contributed by atoms with E-state index >= 15 is 0 Å². The number of hydrogen-bond donors (Lipinski definition) is 1. The average molecular weight is 404 g/mol. The number of carbonyl (C=O) groups is 2. The molecule has 8 heteroatoms. The van der Waals surface area contributed by atoms with Gasteiger partial charge in [0.2, 0.25) is 5.91 Å². The zero-order valence-corrected chi connectivity index (χ0v) is 15.9. The minimum atomic E-state index is -1.16. The van der Waals surface area contributed by atoms with Crippen molar-refractivity contribution < 1.29 is 14.0 Å². The molecule has 0 unspecified atom stereocenters. The molecule has 3 rings (SSSR count). The highest BCUT2D eigenvalue weighted by Crippen LogP contribution is 2.24. The molecule has 2 aromatic carbocycles. The summed E-state index contributed by atoms with van der Waals surface area (Å²) >= 11 is 10.9. The number of carbonyl (C=O) groups excluding carboxylic acids is 2. The molecule has 1 aliphatic heterocycles. The average Bonchev–Trinajstić information content (AvgIpc) is 2.64. The van der Waals surface area contributed by atoms with Crippen LogP contribution >= 0.6 is 23.8 Å². The molecule has 5 nitrogen and oxygen atoms in total. The normalized spacial score (nSPS) is 17.5. The second kappa shape index (κ2) is 7.94. The van der Waals surface area contributed by atoms with Crippen LogP contribution in [0.2, 0.25) is 5.02 Å². The van der Waals surface area contributed by atoms with Gasteiger partial charge in [-0.15, -0.1) is 0 Å². The molecular weight excluding hydrogens is 389 g/mol. The molecule has 1 N–H and O–H groups in total. The zero-order valence-electron chi connectivity index (χ0n) is 14.3. The Labute approximate surface area is 165 Å². The van der Waals surface area contributed by atoms with Gasteiger partial charge in [-0.05, 0) is 54.5 Å². The van der Waals surface area contributed by atoms with Crippen LogP contribution in [0.1, 0.15) is 12.5 Å². The van der Waals surface area contributed by atoms with Crippen LogP contribution in [0.4, 0.5) is 15.8 Å². The van der Waals surface area contributed by atoms with Gasteiger partial charge in [-0.25, -0.2) is 4.39 Å². The van der Waals surface area contributed by atoms with Gasteiger partial charge >= 0.3 is 0 Å². The number of rotatable bonds is 4. The van der Waals surface area contributed by atoms with E-state index in [-0.39, 0.29) is 10.1 Å². The minimum absolute atomic E-state index is 0.0173. The highest BCUT2D eigenvalue weighted by molar-refractivity contribution is 7.80. The lowest BCUT2D eigenvalue weighted by atomic mass is 10.1.